The number of nitrogens with zero attached hydrogens (tertiary/aromatic N) is 1. The fourth-order valence-electron chi connectivity index (χ4n) is 3.30. The smallest absolute Gasteiger partial charge is 0.269 e. The quantitative estimate of drug-likeness (QED) is 0.896. The number of carbonyl (C=O) groups is 1. The van der Waals surface area contributed by atoms with Crippen molar-refractivity contribution in [3.8, 4) is 17.6 Å². The zero-order valence-corrected chi connectivity index (χ0v) is 14.7. The number of carbonyl (C=O) groups excluding carboxylic acids is 1. The van der Waals surface area contributed by atoms with Crippen molar-refractivity contribution in [1.29, 1.82) is 5.26 Å². The van der Waals surface area contributed by atoms with Crippen molar-refractivity contribution in [1.82, 2.24) is 0 Å². The van der Waals surface area contributed by atoms with Crippen LogP contribution >= 0.6 is 11.3 Å². The van der Waals surface area contributed by atoms with Gasteiger partial charge in [0.15, 0.2) is 11.5 Å². The van der Waals surface area contributed by atoms with E-state index in [0.29, 0.717) is 28.0 Å². The van der Waals surface area contributed by atoms with E-state index < -0.39 is 6.10 Å². The Hall–Kier alpha value is -2.52. The largest absolute Gasteiger partial charge is 0.485 e. The summed E-state index contributed by atoms with van der Waals surface area (Å²) < 4.78 is 11.3. The first kappa shape index (κ1) is 16.0. The molecule has 2 heterocycles. The maximum absolute atomic E-state index is 12.6. The Balaban J connectivity index is 1.53. The minimum absolute atomic E-state index is 0.160. The van der Waals surface area contributed by atoms with Crippen LogP contribution < -0.4 is 14.8 Å². The molecule has 0 fully saturated rings. The van der Waals surface area contributed by atoms with E-state index >= 15 is 0 Å². The molecular weight excluding hydrogens is 336 g/mol. The lowest BCUT2D eigenvalue weighted by molar-refractivity contribution is -0.125. The van der Waals surface area contributed by atoms with Crippen LogP contribution in [0.1, 0.15) is 29.3 Å². The molecule has 4 rings (SSSR count). The van der Waals surface area contributed by atoms with Crippen LogP contribution in [0.25, 0.3) is 0 Å². The molecule has 0 spiro atoms. The zero-order valence-electron chi connectivity index (χ0n) is 13.9. The number of thiophene rings is 1. The van der Waals surface area contributed by atoms with Gasteiger partial charge in [-0.25, -0.2) is 0 Å². The van der Waals surface area contributed by atoms with Crippen LogP contribution in [0.2, 0.25) is 0 Å². The van der Waals surface area contributed by atoms with Crippen LogP contribution in [0.4, 0.5) is 5.00 Å². The van der Waals surface area contributed by atoms with E-state index in [0.717, 1.165) is 24.8 Å². The van der Waals surface area contributed by atoms with Gasteiger partial charge in [0.2, 0.25) is 6.10 Å². The minimum Gasteiger partial charge on any atom is -0.485 e. The van der Waals surface area contributed by atoms with E-state index in [-0.39, 0.29) is 12.5 Å². The standard InChI is InChI=1S/C19H18N2O3S/c1-11-6-7-12-13(9-20)19(25-17(12)8-11)21-18(22)16-10-23-14-4-2-3-5-15(14)24-16/h2-5,11,16H,6-8,10H2,1H3,(H,21,22)/t11-,16+/m1/s1. The van der Waals surface area contributed by atoms with E-state index in [1.165, 1.54) is 16.2 Å². The number of nitrogens with one attached hydrogen (secondary N) is 1. The molecule has 128 valence electrons. The number of ether oxygens (including phenoxy) is 2. The van der Waals surface area contributed by atoms with Crippen molar-refractivity contribution < 1.29 is 14.3 Å². The molecule has 0 saturated heterocycles. The van der Waals surface area contributed by atoms with Gasteiger partial charge >= 0.3 is 0 Å². The molecule has 1 aliphatic heterocycles. The first-order valence-corrected chi connectivity index (χ1v) is 9.21. The number of rotatable bonds is 2. The van der Waals surface area contributed by atoms with Crippen molar-refractivity contribution in [2.75, 3.05) is 11.9 Å². The lowest BCUT2D eigenvalue weighted by Gasteiger charge is -2.25. The Morgan fingerprint density at radius 1 is 1.36 bits per heavy atom. The zero-order chi connectivity index (χ0) is 17.4. The average Bonchev–Trinajstić information content (AvgIpc) is 2.97. The monoisotopic (exact) mass is 354 g/mol. The third-order valence-electron chi connectivity index (χ3n) is 4.66. The summed E-state index contributed by atoms with van der Waals surface area (Å²) >= 11 is 1.52. The second-order valence-electron chi connectivity index (χ2n) is 6.52. The third kappa shape index (κ3) is 2.96. The molecule has 2 aromatic rings. The maximum atomic E-state index is 12.6. The Morgan fingerprint density at radius 2 is 2.16 bits per heavy atom. The number of amides is 1. The Bertz CT molecular complexity index is 868. The van der Waals surface area contributed by atoms with Gasteiger partial charge < -0.3 is 14.8 Å². The fraction of sp³-hybridized carbons (Fsp3) is 0.368. The number of para-hydroxylation sites is 2. The van der Waals surface area contributed by atoms with E-state index in [4.69, 9.17) is 9.47 Å². The molecule has 1 aromatic heterocycles. The molecule has 1 aliphatic carbocycles. The van der Waals surface area contributed by atoms with Crippen molar-refractivity contribution in [2.45, 2.75) is 32.3 Å². The van der Waals surface area contributed by atoms with E-state index in [9.17, 15) is 10.1 Å². The normalized spacial score (nSPS) is 21.1. The van der Waals surface area contributed by atoms with Gasteiger partial charge in [0, 0.05) is 4.88 Å². The van der Waals surface area contributed by atoms with Crippen molar-refractivity contribution >= 4 is 22.2 Å². The topological polar surface area (TPSA) is 71.3 Å². The molecule has 2 aliphatic rings. The van der Waals surface area contributed by atoms with E-state index in [1.54, 1.807) is 6.07 Å². The lowest BCUT2D eigenvalue weighted by Crippen LogP contribution is -2.40. The molecule has 0 bridgehead atoms. The molecule has 1 N–H and O–H groups in total. The minimum atomic E-state index is -0.723. The molecule has 2 atom stereocenters. The van der Waals surface area contributed by atoms with Crippen LogP contribution in [0.5, 0.6) is 11.5 Å². The Kier molecular flexibility index (Phi) is 4.10. The van der Waals surface area contributed by atoms with Crippen molar-refractivity contribution in [3.63, 3.8) is 0 Å². The number of fused-ring (bicyclic) bond motifs is 2. The summed E-state index contributed by atoms with van der Waals surface area (Å²) in [5.74, 6) is 1.55. The molecule has 0 radical (unpaired) electrons. The molecule has 1 aromatic carbocycles. The van der Waals surface area contributed by atoms with Gasteiger partial charge in [-0.15, -0.1) is 11.3 Å². The van der Waals surface area contributed by atoms with Crippen LogP contribution in [0.15, 0.2) is 24.3 Å². The highest BCUT2D eigenvalue weighted by atomic mass is 32.1. The summed E-state index contributed by atoms with van der Waals surface area (Å²) in [4.78, 5) is 13.8. The molecule has 1 amide bonds. The summed E-state index contributed by atoms with van der Waals surface area (Å²) in [6.45, 7) is 2.38. The molecule has 6 heteroatoms. The van der Waals surface area contributed by atoms with Gasteiger partial charge in [-0.3, -0.25) is 4.79 Å². The molecule has 5 nitrogen and oxygen atoms in total. The highest BCUT2D eigenvalue weighted by Crippen LogP contribution is 2.39. The first-order valence-electron chi connectivity index (χ1n) is 8.39. The summed E-state index contributed by atoms with van der Waals surface area (Å²) in [6.07, 6.45) is 2.24. The third-order valence-corrected chi connectivity index (χ3v) is 5.83. The van der Waals surface area contributed by atoms with Gasteiger partial charge in [-0.05, 0) is 42.9 Å². The number of hydrogen-bond donors (Lipinski definition) is 1. The number of anilines is 1. The second kappa shape index (κ2) is 6.41. The van der Waals surface area contributed by atoms with Gasteiger partial charge in [0.05, 0.1) is 5.56 Å². The predicted octanol–water partition coefficient (Wildman–Crippen LogP) is 3.52. The number of hydrogen-bond acceptors (Lipinski definition) is 5. The van der Waals surface area contributed by atoms with E-state index in [2.05, 4.69) is 18.3 Å². The van der Waals surface area contributed by atoms with E-state index in [1.807, 2.05) is 18.2 Å². The molecular formula is C19H18N2O3S. The predicted molar refractivity (Wildman–Crippen MR) is 95.2 cm³/mol. The Labute approximate surface area is 150 Å². The Morgan fingerprint density at radius 3 is 2.96 bits per heavy atom. The van der Waals surface area contributed by atoms with Crippen LogP contribution in [-0.4, -0.2) is 18.6 Å². The number of benzene rings is 1. The van der Waals surface area contributed by atoms with Crippen LogP contribution in [0.3, 0.4) is 0 Å². The summed E-state index contributed by atoms with van der Waals surface area (Å²) in [7, 11) is 0. The summed E-state index contributed by atoms with van der Waals surface area (Å²) in [5, 5.41) is 13.1. The summed E-state index contributed by atoms with van der Waals surface area (Å²) in [6, 6.07) is 9.55. The maximum Gasteiger partial charge on any atom is 0.269 e. The van der Waals surface area contributed by atoms with Gasteiger partial charge in [0.1, 0.15) is 17.7 Å². The lowest BCUT2D eigenvalue weighted by atomic mass is 9.88. The fourth-order valence-corrected chi connectivity index (χ4v) is 4.66. The number of nitriles is 1. The first-order chi connectivity index (χ1) is 12.2. The van der Waals surface area contributed by atoms with Gasteiger partial charge in [-0.1, -0.05) is 19.1 Å². The summed E-state index contributed by atoms with van der Waals surface area (Å²) in [5.41, 5.74) is 1.71. The van der Waals surface area contributed by atoms with Gasteiger partial charge in [-0.2, -0.15) is 5.26 Å². The molecule has 0 unspecified atom stereocenters. The van der Waals surface area contributed by atoms with Gasteiger partial charge in [0.25, 0.3) is 5.91 Å². The van der Waals surface area contributed by atoms with Crippen LogP contribution in [0, 0.1) is 17.2 Å². The second-order valence-corrected chi connectivity index (χ2v) is 7.63. The SMILES string of the molecule is C[C@@H]1CCc2c(sc(NC(=O)[C@@H]3COc4ccccc4O3)c2C#N)C1. The highest BCUT2D eigenvalue weighted by molar-refractivity contribution is 7.16. The van der Waals surface area contributed by atoms with Crippen molar-refractivity contribution in [3.05, 3.63) is 40.3 Å². The van der Waals surface area contributed by atoms with Crippen molar-refractivity contribution in [2.24, 2.45) is 5.92 Å². The molecule has 25 heavy (non-hydrogen) atoms. The molecule has 0 saturated carbocycles. The highest BCUT2D eigenvalue weighted by Gasteiger charge is 2.30. The average molecular weight is 354 g/mol. The van der Waals surface area contributed by atoms with Crippen LogP contribution in [-0.2, 0) is 17.6 Å².